The molecule has 0 aromatic carbocycles. The highest BCUT2D eigenvalue weighted by molar-refractivity contribution is 7.99. The van der Waals surface area contributed by atoms with E-state index in [1.807, 2.05) is 10.9 Å². The Kier molecular flexibility index (Phi) is 3.15. The Morgan fingerprint density at radius 1 is 1.12 bits per heavy atom. The van der Waals surface area contributed by atoms with E-state index >= 15 is 0 Å². The Morgan fingerprint density at radius 3 is 2.62 bits per heavy atom. The summed E-state index contributed by atoms with van der Waals surface area (Å²) in [5, 5.41) is 8.00. The van der Waals surface area contributed by atoms with Crippen molar-refractivity contribution in [1.29, 1.82) is 0 Å². The van der Waals surface area contributed by atoms with Gasteiger partial charge in [-0.1, -0.05) is 5.21 Å². The molecule has 2 aliphatic heterocycles. The molecular weight excluding hydrogens is 220 g/mol. The minimum Gasteiger partial charge on any atom is -0.299 e. The number of piperidine rings is 1. The Labute approximate surface area is 100 Å². The van der Waals surface area contributed by atoms with E-state index in [1.165, 1.54) is 43.9 Å². The first-order valence-corrected chi connectivity index (χ1v) is 7.26. The smallest absolute Gasteiger partial charge is 0.0693 e. The molecule has 1 aromatic heterocycles. The van der Waals surface area contributed by atoms with Crippen LogP contribution in [0.15, 0.2) is 12.4 Å². The molecule has 3 rings (SSSR count). The normalized spacial score (nSPS) is 28.6. The third-order valence-electron chi connectivity index (χ3n) is 3.74. The molecule has 88 valence electrons. The van der Waals surface area contributed by atoms with Crippen molar-refractivity contribution in [2.75, 3.05) is 24.6 Å². The zero-order valence-corrected chi connectivity index (χ0v) is 10.3. The number of hydrogen-bond acceptors (Lipinski definition) is 4. The Bertz CT molecular complexity index is 313. The van der Waals surface area contributed by atoms with Gasteiger partial charge in [-0.25, -0.2) is 4.68 Å². The standard InChI is InChI=1S/C11H18N4S/c1-5-14(11-3-8-16-9-11)6-2-10(1)15-7-4-12-13-15/h4,7,10-11H,1-3,5-6,8-9H2. The highest BCUT2D eigenvalue weighted by Gasteiger charge is 2.28. The fourth-order valence-electron chi connectivity index (χ4n) is 2.74. The van der Waals surface area contributed by atoms with Gasteiger partial charge in [0, 0.05) is 31.1 Å². The molecule has 1 aromatic rings. The van der Waals surface area contributed by atoms with Crippen LogP contribution in [0.3, 0.4) is 0 Å². The van der Waals surface area contributed by atoms with E-state index in [0.29, 0.717) is 6.04 Å². The molecule has 0 radical (unpaired) electrons. The summed E-state index contributed by atoms with van der Waals surface area (Å²) in [6.07, 6.45) is 7.61. The van der Waals surface area contributed by atoms with E-state index in [-0.39, 0.29) is 0 Å². The first-order chi connectivity index (χ1) is 7.93. The van der Waals surface area contributed by atoms with E-state index in [4.69, 9.17) is 0 Å². The first kappa shape index (κ1) is 10.6. The molecule has 0 N–H and O–H groups in total. The van der Waals surface area contributed by atoms with E-state index in [0.717, 1.165) is 6.04 Å². The molecule has 0 saturated carbocycles. The molecule has 3 heterocycles. The fourth-order valence-corrected chi connectivity index (χ4v) is 3.99. The Balaban J connectivity index is 1.55. The molecule has 16 heavy (non-hydrogen) atoms. The Hall–Kier alpha value is -0.550. The molecule has 2 saturated heterocycles. The summed E-state index contributed by atoms with van der Waals surface area (Å²) >= 11 is 2.11. The maximum absolute atomic E-state index is 4.11. The predicted molar refractivity (Wildman–Crippen MR) is 65.6 cm³/mol. The number of aromatic nitrogens is 3. The van der Waals surface area contributed by atoms with Crippen molar-refractivity contribution in [2.45, 2.75) is 31.3 Å². The van der Waals surface area contributed by atoms with Crippen molar-refractivity contribution in [1.82, 2.24) is 19.9 Å². The summed E-state index contributed by atoms with van der Waals surface area (Å²) in [5.41, 5.74) is 0. The lowest BCUT2D eigenvalue weighted by Crippen LogP contribution is -2.41. The van der Waals surface area contributed by atoms with Crippen LogP contribution >= 0.6 is 11.8 Å². The van der Waals surface area contributed by atoms with Gasteiger partial charge in [0.05, 0.1) is 12.2 Å². The number of rotatable bonds is 2. The van der Waals surface area contributed by atoms with Crippen LogP contribution in [0, 0.1) is 0 Å². The molecule has 0 bridgehead atoms. The topological polar surface area (TPSA) is 34.0 Å². The largest absolute Gasteiger partial charge is 0.299 e. The van der Waals surface area contributed by atoms with Gasteiger partial charge in [-0.15, -0.1) is 5.10 Å². The molecular formula is C11H18N4S. The van der Waals surface area contributed by atoms with Crippen molar-refractivity contribution >= 4 is 11.8 Å². The lowest BCUT2D eigenvalue weighted by Gasteiger charge is -2.35. The lowest BCUT2D eigenvalue weighted by molar-refractivity contribution is 0.141. The third kappa shape index (κ3) is 2.11. The number of likely N-dealkylation sites (tertiary alicyclic amines) is 1. The number of hydrogen-bond donors (Lipinski definition) is 0. The SMILES string of the molecule is c1cn(C2CCN(C3CCSC3)CC2)nn1. The van der Waals surface area contributed by atoms with Crippen LogP contribution in [0.1, 0.15) is 25.3 Å². The zero-order valence-electron chi connectivity index (χ0n) is 9.46. The average Bonchev–Trinajstić information content (AvgIpc) is 3.03. The molecule has 1 unspecified atom stereocenters. The molecule has 2 fully saturated rings. The van der Waals surface area contributed by atoms with Crippen LogP contribution in [0.2, 0.25) is 0 Å². The molecule has 4 nitrogen and oxygen atoms in total. The third-order valence-corrected chi connectivity index (χ3v) is 4.88. The number of thioether (sulfide) groups is 1. The maximum Gasteiger partial charge on any atom is 0.0693 e. The molecule has 0 aliphatic carbocycles. The van der Waals surface area contributed by atoms with Crippen LogP contribution in [0.25, 0.3) is 0 Å². The molecule has 5 heteroatoms. The summed E-state index contributed by atoms with van der Waals surface area (Å²) in [4.78, 5) is 2.67. The van der Waals surface area contributed by atoms with Gasteiger partial charge >= 0.3 is 0 Å². The van der Waals surface area contributed by atoms with Crippen molar-refractivity contribution in [2.24, 2.45) is 0 Å². The summed E-state index contributed by atoms with van der Waals surface area (Å²) in [5.74, 6) is 2.70. The highest BCUT2D eigenvalue weighted by atomic mass is 32.2. The monoisotopic (exact) mass is 238 g/mol. The molecule has 2 aliphatic rings. The van der Waals surface area contributed by atoms with Gasteiger partial charge in [0.1, 0.15) is 0 Å². The van der Waals surface area contributed by atoms with Crippen LogP contribution in [-0.2, 0) is 0 Å². The fraction of sp³-hybridized carbons (Fsp3) is 0.818. The molecule has 1 atom stereocenters. The second-order valence-corrected chi connectivity index (χ2v) is 5.82. The van der Waals surface area contributed by atoms with Gasteiger partial charge in [0.15, 0.2) is 0 Å². The van der Waals surface area contributed by atoms with Gasteiger partial charge in [-0.2, -0.15) is 11.8 Å². The van der Waals surface area contributed by atoms with E-state index in [2.05, 4.69) is 27.0 Å². The van der Waals surface area contributed by atoms with E-state index in [1.54, 1.807) is 6.20 Å². The van der Waals surface area contributed by atoms with Gasteiger partial charge in [-0.3, -0.25) is 4.90 Å². The van der Waals surface area contributed by atoms with Gasteiger partial charge in [0.25, 0.3) is 0 Å². The summed E-state index contributed by atoms with van der Waals surface area (Å²) in [6.45, 7) is 2.46. The molecule has 0 spiro atoms. The lowest BCUT2D eigenvalue weighted by atomic mass is 10.0. The van der Waals surface area contributed by atoms with Gasteiger partial charge in [-0.05, 0) is 25.0 Å². The van der Waals surface area contributed by atoms with Crippen molar-refractivity contribution in [3.63, 3.8) is 0 Å². The van der Waals surface area contributed by atoms with Crippen LogP contribution in [0.4, 0.5) is 0 Å². The highest BCUT2D eigenvalue weighted by Crippen LogP contribution is 2.28. The minimum absolute atomic E-state index is 0.577. The van der Waals surface area contributed by atoms with Crippen molar-refractivity contribution in [3.05, 3.63) is 12.4 Å². The van der Waals surface area contributed by atoms with Crippen molar-refractivity contribution in [3.8, 4) is 0 Å². The van der Waals surface area contributed by atoms with E-state index in [9.17, 15) is 0 Å². The van der Waals surface area contributed by atoms with E-state index < -0.39 is 0 Å². The van der Waals surface area contributed by atoms with Crippen LogP contribution in [-0.4, -0.2) is 50.5 Å². The van der Waals surface area contributed by atoms with Crippen molar-refractivity contribution < 1.29 is 0 Å². The second kappa shape index (κ2) is 4.75. The van der Waals surface area contributed by atoms with Gasteiger partial charge in [0.2, 0.25) is 0 Å². The van der Waals surface area contributed by atoms with Gasteiger partial charge < -0.3 is 0 Å². The summed E-state index contributed by atoms with van der Waals surface area (Å²) < 4.78 is 2.03. The minimum atomic E-state index is 0.577. The molecule has 0 amide bonds. The quantitative estimate of drug-likeness (QED) is 0.780. The summed E-state index contributed by atoms with van der Waals surface area (Å²) in [6, 6.07) is 1.43. The maximum atomic E-state index is 4.11. The first-order valence-electron chi connectivity index (χ1n) is 6.11. The van der Waals surface area contributed by atoms with Crippen LogP contribution < -0.4 is 0 Å². The zero-order chi connectivity index (χ0) is 10.8. The second-order valence-electron chi connectivity index (χ2n) is 4.67. The van der Waals surface area contributed by atoms with Crippen LogP contribution in [0.5, 0.6) is 0 Å². The predicted octanol–water partition coefficient (Wildman–Crippen LogP) is 1.42. The summed E-state index contributed by atoms with van der Waals surface area (Å²) in [7, 11) is 0. The average molecular weight is 238 g/mol. The number of nitrogens with zero attached hydrogens (tertiary/aromatic N) is 4. The Morgan fingerprint density at radius 2 is 2.00 bits per heavy atom.